The molecular weight excluding hydrogens is 500 g/mol. The minimum atomic E-state index is 0.0481. The molecule has 0 N–H and O–H groups in total. The van der Waals surface area contributed by atoms with Crippen molar-refractivity contribution in [1.82, 2.24) is 0 Å². The van der Waals surface area contributed by atoms with Gasteiger partial charge in [0.25, 0.3) is 0 Å². The third-order valence-electron chi connectivity index (χ3n) is 8.31. The van der Waals surface area contributed by atoms with Gasteiger partial charge in [0.2, 0.25) is 0 Å². The maximum atomic E-state index is 6.34. The van der Waals surface area contributed by atoms with Crippen LogP contribution in [0.3, 0.4) is 0 Å². The Morgan fingerprint density at radius 3 is 2.41 bits per heavy atom. The van der Waals surface area contributed by atoms with Crippen LogP contribution in [0.4, 0.5) is 0 Å². The van der Waals surface area contributed by atoms with E-state index in [-0.39, 0.29) is 6.04 Å². The largest absolute Gasteiger partial charge is 0.456 e. The molecule has 2 heterocycles. The van der Waals surface area contributed by atoms with Crippen molar-refractivity contribution in [1.29, 1.82) is 0 Å². The number of benzene rings is 5. The molecule has 1 atom stereocenters. The zero-order valence-corrected chi connectivity index (χ0v) is 22.6. The monoisotopic (exact) mass is 528 g/mol. The summed E-state index contributed by atoms with van der Waals surface area (Å²) in [6.45, 7) is 0. The number of para-hydroxylation sites is 1. The van der Waals surface area contributed by atoms with Crippen LogP contribution in [0.15, 0.2) is 143 Å². The van der Waals surface area contributed by atoms with E-state index in [9.17, 15) is 0 Å². The molecule has 8 rings (SSSR count). The van der Waals surface area contributed by atoms with Gasteiger partial charge in [-0.3, -0.25) is 4.99 Å². The molecule has 5 aromatic rings. The minimum Gasteiger partial charge on any atom is -0.456 e. The maximum Gasteiger partial charge on any atom is 0.155 e. The number of nitrogens with zero attached hydrogens (tertiary/aromatic N) is 2. The number of hydrogen-bond acceptors (Lipinski definition) is 3. The first kappa shape index (κ1) is 23.8. The quantitative estimate of drug-likeness (QED) is 0.224. The van der Waals surface area contributed by atoms with Gasteiger partial charge in [-0.1, -0.05) is 109 Å². The summed E-state index contributed by atoms with van der Waals surface area (Å²) in [7, 11) is 0. The lowest BCUT2D eigenvalue weighted by Crippen LogP contribution is -2.18. The Labute approximate surface area is 239 Å². The van der Waals surface area contributed by atoms with Gasteiger partial charge in [-0.2, -0.15) is 0 Å². The third-order valence-corrected chi connectivity index (χ3v) is 8.31. The number of rotatable bonds is 4. The lowest BCUT2D eigenvalue weighted by molar-refractivity contribution is 0.487. The molecule has 0 aromatic heterocycles. The molecule has 0 amide bonds. The van der Waals surface area contributed by atoms with E-state index in [1.807, 2.05) is 12.1 Å². The Bertz CT molecular complexity index is 1940. The van der Waals surface area contributed by atoms with Crippen LogP contribution in [-0.2, 0) is 0 Å². The summed E-state index contributed by atoms with van der Waals surface area (Å²) in [5.74, 6) is 2.61. The van der Waals surface area contributed by atoms with Crippen molar-refractivity contribution < 1.29 is 4.74 Å². The number of hydrogen-bond donors (Lipinski definition) is 0. The molecule has 5 aromatic carbocycles. The summed E-state index contributed by atoms with van der Waals surface area (Å²) in [6, 6.07) is 38.4. The van der Waals surface area contributed by atoms with Crippen LogP contribution >= 0.6 is 0 Å². The van der Waals surface area contributed by atoms with Crippen molar-refractivity contribution in [3.8, 4) is 33.8 Å². The molecular formula is C38H28N2O. The fourth-order valence-corrected chi connectivity index (χ4v) is 6.29. The highest BCUT2D eigenvalue weighted by atomic mass is 16.5. The Balaban J connectivity index is 1.25. The molecule has 0 bridgehead atoms. The maximum absolute atomic E-state index is 6.34. The van der Waals surface area contributed by atoms with Crippen molar-refractivity contribution in [2.75, 3.05) is 0 Å². The number of allylic oxidation sites excluding steroid dienone is 4. The van der Waals surface area contributed by atoms with Crippen LogP contribution in [0.1, 0.15) is 36.4 Å². The molecule has 0 spiro atoms. The normalized spacial score (nSPS) is 17.3. The Hall–Kier alpha value is -5.02. The summed E-state index contributed by atoms with van der Waals surface area (Å²) in [5.41, 5.74) is 9.40. The number of ether oxygens (including phenoxy) is 1. The van der Waals surface area contributed by atoms with Crippen LogP contribution in [0.25, 0.3) is 33.0 Å². The van der Waals surface area contributed by atoms with Gasteiger partial charge in [-0.25, -0.2) is 4.99 Å². The van der Waals surface area contributed by atoms with Crippen LogP contribution in [0, 0.1) is 0 Å². The molecule has 41 heavy (non-hydrogen) atoms. The molecule has 3 heteroatoms. The van der Waals surface area contributed by atoms with Gasteiger partial charge in [0, 0.05) is 28.6 Å². The van der Waals surface area contributed by atoms with Gasteiger partial charge >= 0.3 is 0 Å². The third kappa shape index (κ3) is 4.22. The van der Waals surface area contributed by atoms with Crippen molar-refractivity contribution >= 4 is 22.3 Å². The van der Waals surface area contributed by atoms with E-state index in [0.29, 0.717) is 0 Å². The summed E-state index contributed by atoms with van der Waals surface area (Å²) in [4.78, 5) is 10.4. The van der Waals surface area contributed by atoms with Crippen molar-refractivity contribution in [2.45, 2.75) is 25.3 Å². The van der Waals surface area contributed by atoms with Crippen molar-refractivity contribution in [3.63, 3.8) is 0 Å². The number of amidine groups is 1. The average Bonchev–Trinajstić information content (AvgIpc) is 3.06. The standard InChI is InChI=1S/C38H28N2O/c1-3-11-25(12-4-1)33-24-34(26-13-5-2-6-14-26)40-38(39-33)28-16-9-15-27(23-28)29-21-22-36-37-31(29)18-10-19-32(37)30-17-7-8-20-35(30)41-36/h1-5,7-13,15-23,33H,6,14,24H2. The van der Waals surface area contributed by atoms with Gasteiger partial charge in [0.15, 0.2) is 5.84 Å². The van der Waals surface area contributed by atoms with E-state index in [0.717, 1.165) is 64.4 Å². The number of aliphatic imine (C=N–C) groups is 2. The number of fused-ring (bicyclic) bond motifs is 2. The van der Waals surface area contributed by atoms with E-state index in [4.69, 9.17) is 14.7 Å². The van der Waals surface area contributed by atoms with Gasteiger partial charge in [0.05, 0.1) is 6.04 Å². The fraction of sp³-hybridized carbons (Fsp3) is 0.105. The van der Waals surface area contributed by atoms with E-state index in [2.05, 4.69) is 115 Å². The highest BCUT2D eigenvalue weighted by Gasteiger charge is 2.24. The molecule has 1 unspecified atom stereocenters. The molecule has 0 fully saturated rings. The Morgan fingerprint density at radius 2 is 1.51 bits per heavy atom. The van der Waals surface area contributed by atoms with Crippen LogP contribution in [-0.4, -0.2) is 11.5 Å². The Morgan fingerprint density at radius 1 is 0.683 bits per heavy atom. The second kappa shape index (κ2) is 9.87. The van der Waals surface area contributed by atoms with Gasteiger partial charge < -0.3 is 4.74 Å². The predicted molar refractivity (Wildman–Crippen MR) is 169 cm³/mol. The van der Waals surface area contributed by atoms with E-state index < -0.39 is 0 Å². The summed E-state index contributed by atoms with van der Waals surface area (Å²) in [6.07, 6.45) is 9.51. The first-order valence-corrected chi connectivity index (χ1v) is 14.3. The molecule has 3 nitrogen and oxygen atoms in total. The van der Waals surface area contributed by atoms with Crippen molar-refractivity contribution in [3.05, 3.63) is 144 Å². The smallest absolute Gasteiger partial charge is 0.155 e. The van der Waals surface area contributed by atoms with E-state index >= 15 is 0 Å². The second-order valence-corrected chi connectivity index (χ2v) is 10.8. The average molecular weight is 529 g/mol. The van der Waals surface area contributed by atoms with Gasteiger partial charge in [0.1, 0.15) is 11.5 Å². The molecule has 0 saturated heterocycles. The lowest BCUT2D eigenvalue weighted by atomic mass is 9.90. The molecule has 2 aliphatic heterocycles. The van der Waals surface area contributed by atoms with Gasteiger partial charge in [-0.15, -0.1) is 0 Å². The van der Waals surface area contributed by atoms with Crippen LogP contribution < -0.4 is 4.74 Å². The summed E-state index contributed by atoms with van der Waals surface area (Å²) >= 11 is 0. The lowest BCUT2D eigenvalue weighted by Gasteiger charge is -2.24. The van der Waals surface area contributed by atoms with Crippen molar-refractivity contribution in [2.24, 2.45) is 9.98 Å². The summed E-state index contributed by atoms with van der Waals surface area (Å²) in [5, 5.41) is 2.34. The van der Waals surface area contributed by atoms with Gasteiger partial charge in [-0.05, 0) is 64.3 Å². The molecule has 3 aliphatic rings. The highest BCUT2D eigenvalue weighted by molar-refractivity contribution is 6.15. The first-order chi connectivity index (χ1) is 20.3. The molecule has 1 aliphatic carbocycles. The molecule has 0 saturated carbocycles. The highest BCUT2D eigenvalue weighted by Crippen LogP contribution is 2.48. The van der Waals surface area contributed by atoms with Crippen LogP contribution in [0.2, 0.25) is 0 Å². The second-order valence-electron chi connectivity index (χ2n) is 10.8. The topological polar surface area (TPSA) is 34.0 Å². The zero-order valence-electron chi connectivity index (χ0n) is 22.6. The van der Waals surface area contributed by atoms with E-state index in [1.54, 1.807) is 0 Å². The zero-order chi connectivity index (χ0) is 27.2. The molecule has 196 valence electrons. The van der Waals surface area contributed by atoms with E-state index in [1.165, 1.54) is 27.6 Å². The SMILES string of the molecule is C1=CCCC(C2=NC(c3cccc(-c4ccc5c6c(cccc46)-c4ccccc4O5)c3)=NC(c3ccccc3)C2)=C1. The minimum absolute atomic E-state index is 0.0481. The van der Waals surface area contributed by atoms with Crippen LogP contribution in [0.5, 0.6) is 11.5 Å². The first-order valence-electron chi connectivity index (χ1n) is 14.3. The summed E-state index contributed by atoms with van der Waals surface area (Å²) < 4.78 is 6.34. The molecule has 0 radical (unpaired) electrons. The fourth-order valence-electron chi connectivity index (χ4n) is 6.29. The Kier molecular flexibility index (Phi) is 5.74. The predicted octanol–water partition coefficient (Wildman–Crippen LogP) is 9.89.